The van der Waals surface area contributed by atoms with Crippen molar-refractivity contribution in [2.24, 2.45) is 5.73 Å². The van der Waals surface area contributed by atoms with Crippen molar-refractivity contribution >= 4 is 11.8 Å². The second-order valence-corrected chi connectivity index (χ2v) is 1.83. The highest BCUT2D eigenvalue weighted by Crippen LogP contribution is 2.01. The topological polar surface area (TPSA) is 68.0 Å². The summed E-state index contributed by atoms with van der Waals surface area (Å²) in [5, 5.41) is 2.13. The van der Waals surface area contributed by atoms with Crippen LogP contribution in [0.4, 0.5) is 15.0 Å². The molecular formula is C6H6FN3O. The Labute approximate surface area is 62.2 Å². The van der Waals surface area contributed by atoms with E-state index in [4.69, 9.17) is 5.73 Å². The zero-order valence-electron chi connectivity index (χ0n) is 5.54. The third-order valence-electron chi connectivity index (χ3n) is 0.966. The first kappa shape index (κ1) is 7.46. The minimum atomic E-state index is -0.761. The highest BCUT2D eigenvalue weighted by molar-refractivity contribution is 5.86. The number of nitrogens with two attached hydrogens (primary N) is 1. The molecule has 1 rings (SSSR count). The van der Waals surface area contributed by atoms with Gasteiger partial charge in [0.05, 0.1) is 0 Å². The minimum Gasteiger partial charge on any atom is -0.351 e. The number of nitrogens with zero attached hydrogens (tertiary/aromatic N) is 1. The number of hydrogen-bond acceptors (Lipinski definition) is 2. The third-order valence-corrected chi connectivity index (χ3v) is 0.966. The number of hydrogen-bond donors (Lipinski definition) is 2. The van der Waals surface area contributed by atoms with Crippen molar-refractivity contribution in [2.45, 2.75) is 0 Å². The van der Waals surface area contributed by atoms with Crippen LogP contribution in [0.3, 0.4) is 0 Å². The summed E-state index contributed by atoms with van der Waals surface area (Å²) >= 11 is 0. The molecule has 1 aromatic heterocycles. The van der Waals surface area contributed by atoms with Crippen LogP contribution in [0.5, 0.6) is 0 Å². The Balaban J connectivity index is 2.79. The van der Waals surface area contributed by atoms with Crippen LogP contribution in [-0.2, 0) is 0 Å². The average Bonchev–Trinajstić information content (AvgIpc) is 1.85. The molecule has 0 atom stereocenters. The fraction of sp³-hybridized carbons (Fsp3) is 0. The summed E-state index contributed by atoms with van der Waals surface area (Å²) in [6.45, 7) is 0. The normalized spacial score (nSPS) is 9.18. The van der Waals surface area contributed by atoms with Gasteiger partial charge in [-0.25, -0.2) is 9.78 Å². The van der Waals surface area contributed by atoms with E-state index in [0.29, 0.717) is 0 Å². The average molecular weight is 155 g/mol. The lowest BCUT2D eigenvalue weighted by molar-refractivity contribution is 0.259. The van der Waals surface area contributed by atoms with Crippen LogP contribution < -0.4 is 11.1 Å². The summed E-state index contributed by atoms with van der Waals surface area (Å²) in [4.78, 5) is 13.6. The number of rotatable bonds is 1. The second-order valence-electron chi connectivity index (χ2n) is 1.83. The highest BCUT2D eigenvalue weighted by Gasteiger charge is 1.97. The molecular weight excluding hydrogens is 149 g/mol. The summed E-state index contributed by atoms with van der Waals surface area (Å²) in [7, 11) is 0. The van der Waals surface area contributed by atoms with E-state index in [1.807, 2.05) is 0 Å². The van der Waals surface area contributed by atoms with Gasteiger partial charge in [0.15, 0.2) is 0 Å². The number of urea groups is 1. The van der Waals surface area contributed by atoms with Crippen molar-refractivity contribution in [2.75, 3.05) is 5.32 Å². The molecule has 0 aliphatic rings. The molecule has 58 valence electrons. The number of anilines is 1. The largest absolute Gasteiger partial charge is 0.351 e. The summed E-state index contributed by atoms with van der Waals surface area (Å²) in [5.74, 6) is -0.547. The Kier molecular flexibility index (Phi) is 2.00. The van der Waals surface area contributed by atoms with E-state index in [9.17, 15) is 9.18 Å². The monoisotopic (exact) mass is 155 g/mol. The van der Waals surface area contributed by atoms with Gasteiger partial charge in [0.2, 0.25) is 5.95 Å². The Morgan fingerprint density at radius 1 is 1.64 bits per heavy atom. The fourth-order valence-electron chi connectivity index (χ4n) is 0.604. The number of primary amides is 1. The Morgan fingerprint density at radius 3 is 2.91 bits per heavy atom. The molecule has 2 amide bonds. The van der Waals surface area contributed by atoms with Crippen molar-refractivity contribution in [3.05, 3.63) is 24.1 Å². The number of carbonyl (C=O) groups excluding carboxylic acids is 1. The quantitative estimate of drug-likeness (QED) is 0.586. The van der Waals surface area contributed by atoms with Gasteiger partial charge < -0.3 is 5.73 Å². The van der Waals surface area contributed by atoms with Gasteiger partial charge in [-0.3, -0.25) is 5.32 Å². The van der Waals surface area contributed by atoms with Gasteiger partial charge in [0.25, 0.3) is 0 Å². The molecule has 0 spiro atoms. The Morgan fingerprint density at radius 2 is 2.36 bits per heavy atom. The number of halogens is 1. The third kappa shape index (κ3) is 2.21. The van der Waals surface area contributed by atoms with E-state index in [0.717, 1.165) is 0 Å². The van der Waals surface area contributed by atoms with Crippen LogP contribution in [0, 0.1) is 5.95 Å². The number of aromatic nitrogens is 1. The van der Waals surface area contributed by atoms with Crippen LogP contribution in [0.2, 0.25) is 0 Å². The maximum atomic E-state index is 12.3. The molecule has 0 saturated carbocycles. The van der Waals surface area contributed by atoms with Crippen LogP contribution in [0.15, 0.2) is 18.2 Å². The predicted molar refractivity (Wildman–Crippen MR) is 37.4 cm³/mol. The van der Waals surface area contributed by atoms with Crippen LogP contribution >= 0.6 is 0 Å². The predicted octanol–water partition coefficient (Wildman–Crippen LogP) is 0.711. The number of carbonyl (C=O) groups is 1. The molecule has 5 heteroatoms. The van der Waals surface area contributed by atoms with Crippen molar-refractivity contribution in [3.63, 3.8) is 0 Å². The highest BCUT2D eigenvalue weighted by atomic mass is 19.1. The van der Waals surface area contributed by atoms with Gasteiger partial charge in [-0.1, -0.05) is 6.07 Å². The molecule has 4 nitrogen and oxygen atoms in total. The second kappa shape index (κ2) is 2.96. The summed E-state index contributed by atoms with van der Waals surface area (Å²) in [6.07, 6.45) is 0. The first-order valence-electron chi connectivity index (χ1n) is 2.87. The fourth-order valence-corrected chi connectivity index (χ4v) is 0.604. The first-order chi connectivity index (χ1) is 5.18. The first-order valence-corrected chi connectivity index (χ1v) is 2.87. The van der Waals surface area contributed by atoms with Gasteiger partial charge in [-0.15, -0.1) is 0 Å². The van der Waals surface area contributed by atoms with Gasteiger partial charge in [0, 0.05) is 0 Å². The molecule has 0 saturated heterocycles. The van der Waals surface area contributed by atoms with Crippen LogP contribution in [-0.4, -0.2) is 11.0 Å². The lowest BCUT2D eigenvalue weighted by Crippen LogP contribution is -2.20. The molecule has 3 N–H and O–H groups in total. The van der Waals surface area contributed by atoms with Crippen molar-refractivity contribution in [3.8, 4) is 0 Å². The van der Waals surface area contributed by atoms with Crippen LogP contribution in [0.1, 0.15) is 0 Å². The zero-order valence-corrected chi connectivity index (χ0v) is 5.54. The molecule has 0 radical (unpaired) electrons. The SMILES string of the molecule is NC(=O)Nc1cccc(F)n1. The Bertz CT molecular complexity index is 276. The Hall–Kier alpha value is -1.65. The molecule has 1 heterocycles. The number of nitrogens with one attached hydrogen (secondary N) is 1. The maximum Gasteiger partial charge on any atom is 0.317 e. The van der Waals surface area contributed by atoms with Crippen LogP contribution in [0.25, 0.3) is 0 Å². The number of amides is 2. The van der Waals surface area contributed by atoms with E-state index in [2.05, 4.69) is 10.3 Å². The van der Waals surface area contributed by atoms with Crippen molar-refractivity contribution in [1.29, 1.82) is 0 Å². The van der Waals surface area contributed by atoms with E-state index >= 15 is 0 Å². The van der Waals surface area contributed by atoms with Gasteiger partial charge in [-0.2, -0.15) is 4.39 Å². The smallest absolute Gasteiger partial charge is 0.317 e. The summed E-state index contributed by atoms with van der Waals surface area (Å²) in [5.41, 5.74) is 4.76. The lowest BCUT2D eigenvalue weighted by Gasteiger charge is -1.97. The molecule has 0 unspecified atom stereocenters. The van der Waals surface area contributed by atoms with Crippen molar-refractivity contribution in [1.82, 2.24) is 4.98 Å². The van der Waals surface area contributed by atoms with E-state index < -0.39 is 12.0 Å². The molecule has 0 bridgehead atoms. The van der Waals surface area contributed by atoms with Gasteiger partial charge in [-0.05, 0) is 12.1 Å². The molecule has 0 aromatic carbocycles. The molecule has 1 aromatic rings. The van der Waals surface area contributed by atoms with Gasteiger partial charge in [0.1, 0.15) is 5.82 Å². The molecule has 0 fully saturated rings. The lowest BCUT2D eigenvalue weighted by atomic mass is 10.4. The minimum absolute atomic E-state index is 0.109. The van der Waals surface area contributed by atoms with E-state index in [1.165, 1.54) is 18.2 Å². The number of pyridine rings is 1. The standard InChI is InChI=1S/C6H6FN3O/c7-4-2-1-3-5(9-4)10-6(8)11/h1-3H,(H3,8,9,10,11). The summed E-state index contributed by atoms with van der Waals surface area (Å²) in [6, 6.07) is 3.27. The zero-order chi connectivity index (χ0) is 8.27. The molecule has 11 heavy (non-hydrogen) atoms. The maximum absolute atomic E-state index is 12.3. The summed E-state index contributed by atoms with van der Waals surface area (Å²) < 4.78 is 12.3. The van der Waals surface area contributed by atoms with Crippen molar-refractivity contribution < 1.29 is 9.18 Å². The van der Waals surface area contributed by atoms with E-state index in [1.54, 1.807) is 0 Å². The molecule has 0 aliphatic heterocycles. The van der Waals surface area contributed by atoms with E-state index in [-0.39, 0.29) is 5.82 Å². The molecule has 0 aliphatic carbocycles. The van der Waals surface area contributed by atoms with Gasteiger partial charge >= 0.3 is 6.03 Å².